The van der Waals surface area contributed by atoms with E-state index in [9.17, 15) is 0 Å². The third-order valence-electron chi connectivity index (χ3n) is 2.27. The van der Waals surface area contributed by atoms with E-state index in [0.29, 0.717) is 5.92 Å². The van der Waals surface area contributed by atoms with E-state index in [1.807, 2.05) is 13.1 Å². The van der Waals surface area contributed by atoms with Gasteiger partial charge in [0.15, 0.2) is 0 Å². The number of hydrogen-bond acceptors (Lipinski definition) is 1. The molecule has 0 saturated heterocycles. The Morgan fingerprint density at radius 2 is 1.93 bits per heavy atom. The first-order valence-corrected chi connectivity index (χ1v) is 5.14. The van der Waals surface area contributed by atoms with Crippen molar-refractivity contribution in [2.45, 2.75) is 13.8 Å². The maximum Gasteiger partial charge on any atom is 0.0167 e. The molecule has 0 aliphatic rings. The van der Waals surface area contributed by atoms with Gasteiger partial charge in [-0.05, 0) is 18.5 Å². The minimum atomic E-state index is 0.600. The highest BCUT2D eigenvalue weighted by molar-refractivity contribution is 5.53. The molecule has 0 radical (unpaired) electrons. The molecule has 0 saturated carbocycles. The molecule has 1 rings (SSSR count). The number of rotatable bonds is 4. The van der Waals surface area contributed by atoms with Crippen LogP contribution < -0.4 is 5.32 Å². The molecule has 0 bridgehead atoms. The molecule has 0 spiro atoms. The van der Waals surface area contributed by atoms with Gasteiger partial charge in [-0.3, -0.25) is 0 Å². The Morgan fingerprint density at radius 3 is 2.43 bits per heavy atom. The van der Waals surface area contributed by atoms with Crippen LogP contribution in [0.3, 0.4) is 0 Å². The van der Waals surface area contributed by atoms with Crippen molar-refractivity contribution in [3.63, 3.8) is 0 Å². The summed E-state index contributed by atoms with van der Waals surface area (Å²) in [6.45, 7) is 5.42. The number of hydrogen-bond donors (Lipinski definition) is 1. The first kappa shape index (κ1) is 11.0. The molecule has 0 aromatic heterocycles. The Morgan fingerprint density at radius 1 is 1.29 bits per heavy atom. The third kappa shape index (κ3) is 3.35. The summed E-state index contributed by atoms with van der Waals surface area (Å²) in [4.78, 5) is 0. The van der Waals surface area contributed by atoms with Crippen LogP contribution in [0.5, 0.6) is 0 Å². The normalized spacial score (nSPS) is 12.1. The Hall–Kier alpha value is -1.08. The van der Waals surface area contributed by atoms with Gasteiger partial charge in [-0.15, -0.1) is 0 Å². The Labute approximate surface area is 86.8 Å². The summed E-state index contributed by atoms with van der Waals surface area (Å²) < 4.78 is 0. The lowest BCUT2D eigenvalue weighted by Crippen LogP contribution is -2.13. The summed E-state index contributed by atoms with van der Waals surface area (Å²) in [7, 11) is 1.99. The van der Waals surface area contributed by atoms with E-state index in [4.69, 9.17) is 0 Å². The topological polar surface area (TPSA) is 12.0 Å². The van der Waals surface area contributed by atoms with Gasteiger partial charge in [0.25, 0.3) is 0 Å². The molecule has 1 heteroatoms. The fourth-order valence-electron chi connectivity index (χ4n) is 1.39. The lowest BCUT2D eigenvalue weighted by atomic mass is 10.0. The maximum absolute atomic E-state index is 3.20. The van der Waals surface area contributed by atoms with Gasteiger partial charge < -0.3 is 5.32 Å². The second kappa shape index (κ2) is 5.61. The van der Waals surface area contributed by atoms with Crippen LogP contribution in [-0.4, -0.2) is 13.6 Å². The molecule has 0 atom stereocenters. The molecule has 0 aliphatic heterocycles. The van der Waals surface area contributed by atoms with Crippen molar-refractivity contribution >= 4 is 6.08 Å². The fourth-order valence-corrected chi connectivity index (χ4v) is 1.39. The lowest BCUT2D eigenvalue weighted by Gasteiger charge is -2.10. The standard InChI is InChI=1S/C13H19N/c1-11(2)13(10-14-3)9-12-7-5-4-6-8-12/h4-9,11,14H,10H2,1-3H3. The summed E-state index contributed by atoms with van der Waals surface area (Å²) >= 11 is 0. The molecule has 1 N–H and O–H groups in total. The smallest absolute Gasteiger partial charge is 0.0167 e. The summed E-state index contributed by atoms with van der Waals surface area (Å²) in [5.41, 5.74) is 2.73. The van der Waals surface area contributed by atoms with Crippen molar-refractivity contribution in [1.29, 1.82) is 0 Å². The largest absolute Gasteiger partial charge is 0.316 e. The van der Waals surface area contributed by atoms with E-state index in [1.165, 1.54) is 11.1 Å². The van der Waals surface area contributed by atoms with Gasteiger partial charge in [-0.25, -0.2) is 0 Å². The van der Waals surface area contributed by atoms with Crippen LogP contribution in [0, 0.1) is 5.92 Å². The van der Waals surface area contributed by atoms with Gasteiger partial charge in [0.1, 0.15) is 0 Å². The van der Waals surface area contributed by atoms with E-state index >= 15 is 0 Å². The molecule has 0 aliphatic carbocycles. The zero-order valence-corrected chi connectivity index (χ0v) is 9.25. The molecule has 0 heterocycles. The van der Waals surface area contributed by atoms with E-state index < -0.39 is 0 Å². The highest BCUT2D eigenvalue weighted by Crippen LogP contribution is 2.13. The average Bonchev–Trinajstić information content (AvgIpc) is 2.18. The lowest BCUT2D eigenvalue weighted by molar-refractivity contribution is 0.713. The number of nitrogens with one attached hydrogen (secondary N) is 1. The SMILES string of the molecule is CNCC(=Cc1ccccc1)C(C)C. The highest BCUT2D eigenvalue weighted by Gasteiger charge is 2.01. The summed E-state index contributed by atoms with van der Waals surface area (Å²) in [5.74, 6) is 0.600. The van der Waals surface area contributed by atoms with Crippen LogP contribution in [0.2, 0.25) is 0 Å². The predicted molar refractivity (Wildman–Crippen MR) is 63.2 cm³/mol. The molecule has 1 nitrogen and oxygen atoms in total. The average molecular weight is 189 g/mol. The van der Waals surface area contributed by atoms with Crippen LogP contribution in [0.4, 0.5) is 0 Å². The fraction of sp³-hybridized carbons (Fsp3) is 0.385. The summed E-state index contributed by atoms with van der Waals surface area (Å²) in [6.07, 6.45) is 2.27. The minimum absolute atomic E-state index is 0.600. The van der Waals surface area contributed by atoms with Crippen LogP contribution in [0.15, 0.2) is 35.9 Å². The molecule has 14 heavy (non-hydrogen) atoms. The molecular weight excluding hydrogens is 170 g/mol. The van der Waals surface area contributed by atoms with Crippen LogP contribution in [-0.2, 0) is 0 Å². The molecule has 76 valence electrons. The van der Waals surface area contributed by atoms with Gasteiger partial charge in [0, 0.05) is 6.54 Å². The Balaban J connectivity index is 2.82. The van der Waals surface area contributed by atoms with Gasteiger partial charge in [-0.2, -0.15) is 0 Å². The quantitative estimate of drug-likeness (QED) is 0.768. The zero-order chi connectivity index (χ0) is 10.4. The van der Waals surface area contributed by atoms with E-state index in [0.717, 1.165) is 6.54 Å². The van der Waals surface area contributed by atoms with Gasteiger partial charge >= 0.3 is 0 Å². The highest BCUT2D eigenvalue weighted by atomic mass is 14.8. The van der Waals surface area contributed by atoms with E-state index in [-0.39, 0.29) is 0 Å². The molecular formula is C13H19N. The molecule has 0 unspecified atom stereocenters. The van der Waals surface area contributed by atoms with Gasteiger partial charge in [0.05, 0.1) is 0 Å². The molecule has 1 aromatic carbocycles. The van der Waals surface area contributed by atoms with Crippen molar-refractivity contribution in [3.05, 3.63) is 41.5 Å². The van der Waals surface area contributed by atoms with Gasteiger partial charge in [0.2, 0.25) is 0 Å². The number of benzene rings is 1. The van der Waals surface area contributed by atoms with E-state index in [1.54, 1.807) is 0 Å². The second-order valence-corrected chi connectivity index (χ2v) is 3.81. The van der Waals surface area contributed by atoms with Crippen LogP contribution in [0.25, 0.3) is 6.08 Å². The van der Waals surface area contributed by atoms with E-state index in [2.05, 4.69) is 49.5 Å². The van der Waals surface area contributed by atoms with Crippen LogP contribution in [0.1, 0.15) is 19.4 Å². The monoisotopic (exact) mass is 189 g/mol. The van der Waals surface area contributed by atoms with Crippen molar-refractivity contribution < 1.29 is 0 Å². The third-order valence-corrected chi connectivity index (χ3v) is 2.27. The summed E-state index contributed by atoms with van der Waals surface area (Å²) in [5, 5.41) is 3.20. The van der Waals surface area contributed by atoms with Crippen molar-refractivity contribution in [1.82, 2.24) is 5.32 Å². The predicted octanol–water partition coefficient (Wildman–Crippen LogP) is 2.95. The number of likely N-dealkylation sites (N-methyl/N-ethyl adjacent to an activating group) is 1. The Kier molecular flexibility index (Phi) is 4.41. The van der Waals surface area contributed by atoms with Crippen molar-refractivity contribution in [2.24, 2.45) is 5.92 Å². The zero-order valence-electron chi connectivity index (χ0n) is 9.25. The molecule has 1 aromatic rings. The molecule has 0 fully saturated rings. The first-order chi connectivity index (χ1) is 6.74. The maximum atomic E-state index is 3.20. The van der Waals surface area contributed by atoms with Crippen molar-refractivity contribution in [3.8, 4) is 0 Å². The Bertz CT molecular complexity index is 285. The summed E-state index contributed by atoms with van der Waals surface area (Å²) in [6, 6.07) is 10.5. The van der Waals surface area contributed by atoms with Crippen LogP contribution >= 0.6 is 0 Å². The molecule has 0 amide bonds. The van der Waals surface area contributed by atoms with Gasteiger partial charge in [-0.1, -0.05) is 55.8 Å². The second-order valence-electron chi connectivity index (χ2n) is 3.81. The first-order valence-electron chi connectivity index (χ1n) is 5.14. The minimum Gasteiger partial charge on any atom is -0.316 e. The van der Waals surface area contributed by atoms with Crippen molar-refractivity contribution in [2.75, 3.05) is 13.6 Å².